The Morgan fingerprint density at radius 3 is 2.80 bits per heavy atom. The molecule has 1 N–H and O–H groups in total. The van der Waals surface area contributed by atoms with Crippen LogP contribution in [0.4, 0.5) is 11.6 Å². The van der Waals surface area contributed by atoms with Crippen LogP contribution in [0.15, 0.2) is 66.9 Å². The first-order valence-electron chi connectivity index (χ1n) is 16.7. The van der Waals surface area contributed by atoms with Crippen LogP contribution in [0.2, 0.25) is 0 Å². The highest BCUT2D eigenvalue weighted by Crippen LogP contribution is 2.26. The van der Waals surface area contributed by atoms with Crippen LogP contribution >= 0.6 is 0 Å². The average molecular weight is 484 g/mol. The number of fused-ring (bicyclic) bond motifs is 7. The van der Waals surface area contributed by atoms with Gasteiger partial charge < -0.3 is 19.5 Å². The first-order chi connectivity index (χ1) is 21.3. The Bertz CT molecular complexity index is 1620. The summed E-state index contributed by atoms with van der Waals surface area (Å²) in [7, 11) is 0. The molecule has 3 aromatic rings. The zero-order valence-corrected chi connectivity index (χ0v) is 18.9. The van der Waals surface area contributed by atoms with Crippen LogP contribution in [0.25, 0.3) is 11.3 Å². The van der Waals surface area contributed by atoms with Crippen molar-refractivity contribution < 1.29 is 29.3 Å². The summed E-state index contributed by atoms with van der Waals surface area (Å²) in [4.78, 5) is 10.4. The van der Waals surface area contributed by atoms with Gasteiger partial charge in [-0.15, -0.1) is 0 Å². The lowest BCUT2D eigenvalue weighted by molar-refractivity contribution is 0.138. The first-order valence-corrected chi connectivity index (χ1v) is 11.2. The number of nitrogens with zero attached hydrogens (tertiary/aromatic N) is 3. The summed E-state index contributed by atoms with van der Waals surface area (Å²) in [5.74, 6) is -0.346. The fourth-order valence-electron chi connectivity index (χ4n) is 3.63. The Kier molecular flexibility index (Phi) is 4.68. The van der Waals surface area contributed by atoms with Gasteiger partial charge in [-0.1, -0.05) is 30.4 Å². The Hall–Kier alpha value is -3.26. The Morgan fingerprint density at radius 1 is 1.06 bits per heavy atom. The van der Waals surface area contributed by atoms with E-state index in [1.807, 2.05) is 4.90 Å². The minimum absolute atomic E-state index is 0.0756. The van der Waals surface area contributed by atoms with Gasteiger partial charge in [0.2, 0.25) is 5.95 Å². The lowest BCUT2D eigenvalue weighted by atomic mass is 10.1. The predicted octanol–water partition coefficient (Wildman–Crippen LogP) is 4.96. The van der Waals surface area contributed by atoms with Crippen LogP contribution < -0.4 is 10.1 Å². The summed E-state index contributed by atoms with van der Waals surface area (Å²) < 4.78 is 108. The van der Waals surface area contributed by atoms with Crippen molar-refractivity contribution in [3.05, 3.63) is 78.0 Å². The molecular formula is C28H32N4O3. The van der Waals surface area contributed by atoms with Crippen LogP contribution in [0, 0.1) is 0 Å². The second kappa shape index (κ2) is 11.9. The van der Waals surface area contributed by atoms with Crippen LogP contribution in [-0.2, 0) is 22.6 Å². The Labute approximate surface area is 222 Å². The topological polar surface area (TPSA) is 68.7 Å². The minimum atomic E-state index is -2.99. The highest BCUT2D eigenvalue weighted by Gasteiger charge is 2.13. The van der Waals surface area contributed by atoms with Gasteiger partial charge in [-0.2, -0.15) is 0 Å². The van der Waals surface area contributed by atoms with Crippen molar-refractivity contribution in [2.75, 3.05) is 44.6 Å². The molecule has 7 nitrogen and oxygen atoms in total. The molecule has 2 aliphatic heterocycles. The van der Waals surface area contributed by atoms with Gasteiger partial charge in [-0.05, 0) is 61.8 Å². The van der Waals surface area contributed by atoms with E-state index in [2.05, 4.69) is 15.3 Å². The second-order valence-electron chi connectivity index (χ2n) is 7.83. The van der Waals surface area contributed by atoms with E-state index < -0.39 is 38.4 Å². The molecule has 0 aliphatic carbocycles. The lowest BCUT2D eigenvalue weighted by Gasteiger charge is -2.17. The maximum atomic E-state index is 8.70. The normalized spacial score (nSPS) is 28.5. The van der Waals surface area contributed by atoms with Gasteiger partial charge in [0.1, 0.15) is 12.3 Å². The molecule has 1 saturated heterocycles. The summed E-state index contributed by atoms with van der Waals surface area (Å²) >= 11 is 0. The maximum absolute atomic E-state index is 8.70. The van der Waals surface area contributed by atoms with Crippen molar-refractivity contribution in [3.63, 3.8) is 0 Å². The van der Waals surface area contributed by atoms with Gasteiger partial charge in [-0.25, -0.2) is 9.97 Å². The fourth-order valence-corrected chi connectivity index (χ4v) is 3.63. The van der Waals surface area contributed by atoms with Crippen LogP contribution in [0.5, 0.6) is 5.75 Å². The van der Waals surface area contributed by atoms with E-state index in [1.165, 1.54) is 42.5 Å². The van der Waals surface area contributed by atoms with Crippen molar-refractivity contribution in [2.45, 2.75) is 26.0 Å². The third-order valence-corrected chi connectivity index (χ3v) is 5.33. The molecule has 0 amide bonds. The number of aromatic nitrogens is 2. The average Bonchev–Trinajstić information content (AvgIpc) is 3.43. The van der Waals surface area contributed by atoms with E-state index in [0.717, 1.165) is 12.8 Å². The number of anilines is 2. The van der Waals surface area contributed by atoms with Crippen molar-refractivity contribution in [1.82, 2.24) is 14.9 Å². The zero-order valence-electron chi connectivity index (χ0n) is 29.9. The van der Waals surface area contributed by atoms with E-state index in [0.29, 0.717) is 30.8 Å². The summed E-state index contributed by atoms with van der Waals surface area (Å²) in [5.41, 5.74) is 0.298. The van der Waals surface area contributed by atoms with Gasteiger partial charge in [-0.3, -0.25) is 4.90 Å². The molecule has 0 unspecified atom stereocenters. The standard InChI is InChI=1S/C28H32N4O3/c1-2-13-32(12-1)14-17-35-27-9-8-25-19-24(27)21-34-16-4-3-15-33-20-22-6-5-7-23(18-22)26-10-11-29-28(30-25)31-26/h3-11,18-19H,1-2,12-17,20-21H2,(H,29,30,31)/b4-3+/i11D,15D2,16D2,17D2,20D2,21D2. The van der Waals surface area contributed by atoms with Crippen LogP contribution in [-0.4, -0.2) is 54.2 Å². The number of hydrogen-bond donors (Lipinski definition) is 1. The molecule has 0 atom stereocenters. The molecule has 2 aromatic carbocycles. The molecule has 0 radical (unpaired) electrons. The molecule has 7 heteroatoms. The van der Waals surface area contributed by atoms with Gasteiger partial charge in [0.15, 0.2) is 0 Å². The largest absolute Gasteiger partial charge is 0.492 e. The minimum Gasteiger partial charge on any atom is -0.492 e. The van der Waals surface area contributed by atoms with Gasteiger partial charge in [0.05, 0.1) is 47.0 Å². The zero-order chi connectivity index (χ0) is 33.5. The van der Waals surface area contributed by atoms with Crippen molar-refractivity contribution >= 4 is 11.6 Å². The Balaban J connectivity index is 1.62. The van der Waals surface area contributed by atoms with E-state index in [-0.39, 0.29) is 41.4 Å². The fraction of sp³-hybridized carbons (Fsp3) is 0.357. The smallest absolute Gasteiger partial charge is 0.227 e. The molecular weight excluding hydrogens is 440 g/mol. The number of hydrogen-bond acceptors (Lipinski definition) is 7. The van der Waals surface area contributed by atoms with Crippen molar-refractivity contribution in [1.29, 1.82) is 0 Å². The highest BCUT2D eigenvalue weighted by molar-refractivity contribution is 5.63. The summed E-state index contributed by atoms with van der Waals surface area (Å²) in [6.45, 7) is -12.5. The van der Waals surface area contributed by atoms with E-state index in [1.54, 1.807) is 6.07 Å². The summed E-state index contributed by atoms with van der Waals surface area (Å²) in [5, 5.41) is 2.89. The molecule has 2 aliphatic rings. The third-order valence-electron chi connectivity index (χ3n) is 5.33. The first kappa shape index (κ1) is 13.7. The van der Waals surface area contributed by atoms with E-state index in [9.17, 15) is 0 Å². The van der Waals surface area contributed by atoms with E-state index in [4.69, 9.17) is 29.3 Å². The van der Waals surface area contributed by atoms with Crippen molar-refractivity contribution in [2.24, 2.45) is 0 Å². The third kappa shape index (κ3) is 6.66. The maximum Gasteiger partial charge on any atom is 0.227 e. The summed E-state index contributed by atoms with van der Waals surface area (Å²) in [6.07, 6.45) is 2.80. The van der Waals surface area contributed by atoms with Crippen LogP contribution in [0.1, 0.15) is 39.0 Å². The number of benzene rings is 2. The van der Waals surface area contributed by atoms with Gasteiger partial charge in [0, 0.05) is 29.5 Å². The number of likely N-dealkylation sites (tertiary alicyclic amines) is 1. The van der Waals surface area contributed by atoms with Crippen molar-refractivity contribution in [3.8, 4) is 17.0 Å². The lowest BCUT2D eigenvalue weighted by Crippen LogP contribution is -2.25. The predicted molar refractivity (Wildman–Crippen MR) is 137 cm³/mol. The number of rotatable bonds is 4. The molecule has 1 aromatic heterocycles. The monoisotopic (exact) mass is 483 g/mol. The molecule has 3 heterocycles. The number of ether oxygens (including phenoxy) is 3. The number of nitrogens with one attached hydrogen (secondary N) is 1. The van der Waals surface area contributed by atoms with Crippen LogP contribution in [0.3, 0.4) is 0 Å². The molecule has 6 bridgehead atoms. The van der Waals surface area contributed by atoms with Gasteiger partial charge >= 0.3 is 0 Å². The van der Waals surface area contributed by atoms with Gasteiger partial charge in [0.25, 0.3) is 0 Å². The molecule has 5 rings (SSSR count). The molecule has 35 heavy (non-hydrogen) atoms. The molecule has 0 saturated carbocycles. The quantitative estimate of drug-likeness (QED) is 0.526. The SMILES string of the molecule is [2H]c1cc2nc(n1)Nc1ccc(OC([2H])([2H])CN3CCCC3)c(c1)C([2H])([2H])OC([2H])([2H])/C=C/C([2H])([2H])OC([2H])([2H])c1cccc-2c1. The van der Waals surface area contributed by atoms with E-state index >= 15 is 0 Å². The molecule has 182 valence electrons. The second-order valence-corrected chi connectivity index (χ2v) is 7.83. The highest BCUT2D eigenvalue weighted by atomic mass is 16.5. The molecule has 0 spiro atoms. The molecule has 1 fully saturated rings. The summed E-state index contributed by atoms with van der Waals surface area (Å²) in [6, 6.07) is 11.2. The Morgan fingerprint density at radius 2 is 1.91 bits per heavy atom.